The smallest absolute Gasteiger partial charge is 0.326 e. The van der Waals surface area contributed by atoms with E-state index >= 15 is 0 Å². The lowest BCUT2D eigenvalue weighted by atomic mass is 10.1. The van der Waals surface area contributed by atoms with Crippen LogP contribution < -0.4 is 0 Å². The topological polar surface area (TPSA) is 64.1 Å². The first-order chi connectivity index (χ1) is 9.00. The number of aliphatic carboxylic acids is 1. The summed E-state index contributed by atoms with van der Waals surface area (Å²) in [4.78, 5) is 29.0. The number of urea groups is 1. The summed E-state index contributed by atoms with van der Waals surface area (Å²) in [6.07, 6.45) is 3.43. The zero-order valence-electron chi connectivity index (χ0n) is 11.7. The summed E-state index contributed by atoms with van der Waals surface area (Å²) < 4.78 is 0. The molecule has 2 atom stereocenters. The van der Waals surface area contributed by atoms with E-state index in [-0.39, 0.29) is 12.1 Å². The molecule has 0 aromatic carbocycles. The van der Waals surface area contributed by atoms with Crippen molar-refractivity contribution in [3.05, 3.63) is 0 Å². The zero-order valence-corrected chi connectivity index (χ0v) is 11.7. The molecular formula is C13H23N3O3. The van der Waals surface area contributed by atoms with Gasteiger partial charge in [-0.05, 0) is 39.3 Å². The van der Waals surface area contributed by atoms with Crippen LogP contribution in [0.25, 0.3) is 0 Å². The van der Waals surface area contributed by atoms with Gasteiger partial charge in [-0.2, -0.15) is 0 Å². The van der Waals surface area contributed by atoms with Gasteiger partial charge >= 0.3 is 12.0 Å². The summed E-state index contributed by atoms with van der Waals surface area (Å²) in [5.41, 5.74) is 0. The fraction of sp³-hybridized carbons (Fsp3) is 0.846. The van der Waals surface area contributed by atoms with Crippen LogP contribution in [0, 0.1) is 0 Å². The van der Waals surface area contributed by atoms with Crippen LogP contribution in [0.3, 0.4) is 0 Å². The first-order valence-corrected chi connectivity index (χ1v) is 6.95. The largest absolute Gasteiger partial charge is 0.480 e. The van der Waals surface area contributed by atoms with E-state index in [2.05, 4.69) is 11.9 Å². The quantitative estimate of drug-likeness (QED) is 0.801. The van der Waals surface area contributed by atoms with Gasteiger partial charge in [0.15, 0.2) is 0 Å². The lowest BCUT2D eigenvalue weighted by molar-refractivity contribution is -0.141. The summed E-state index contributed by atoms with van der Waals surface area (Å²) in [6.45, 7) is 2.50. The van der Waals surface area contributed by atoms with E-state index in [0.29, 0.717) is 13.0 Å². The Hall–Kier alpha value is -1.30. The average Bonchev–Trinajstić information content (AvgIpc) is 2.86. The number of carboxylic acids is 1. The molecule has 0 bridgehead atoms. The highest BCUT2D eigenvalue weighted by Gasteiger charge is 2.37. The minimum atomic E-state index is -0.889. The molecule has 6 nitrogen and oxygen atoms in total. The van der Waals surface area contributed by atoms with Gasteiger partial charge in [0.2, 0.25) is 0 Å². The van der Waals surface area contributed by atoms with E-state index in [1.807, 2.05) is 0 Å². The number of hydrogen-bond donors (Lipinski definition) is 1. The van der Waals surface area contributed by atoms with Gasteiger partial charge in [-0.15, -0.1) is 0 Å². The van der Waals surface area contributed by atoms with E-state index in [0.717, 1.165) is 32.4 Å². The second-order valence-corrected chi connectivity index (χ2v) is 5.64. The Labute approximate surface area is 114 Å². The van der Waals surface area contributed by atoms with E-state index in [1.165, 1.54) is 4.90 Å². The summed E-state index contributed by atoms with van der Waals surface area (Å²) >= 11 is 0. The molecule has 108 valence electrons. The molecule has 2 heterocycles. The van der Waals surface area contributed by atoms with Gasteiger partial charge in [0.25, 0.3) is 0 Å². The van der Waals surface area contributed by atoms with Crippen LogP contribution in [-0.2, 0) is 4.79 Å². The molecular weight excluding hydrogens is 246 g/mol. The van der Waals surface area contributed by atoms with Crippen LogP contribution in [0.1, 0.15) is 25.7 Å². The fourth-order valence-corrected chi connectivity index (χ4v) is 3.07. The molecule has 2 fully saturated rings. The van der Waals surface area contributed by atoms with Gasteiger partial charge < -0.3 is 19.8 Å². The standard InChI is InChI=1S/C13H23N3O3/c1-14-7-3-5-10(9-14)15(2)13(19)16-8-4-6-11(16)12(17)18/h10-11H,3-9H2,1-2H3,(H,17,18). The number of nitrogens with zero attached hydrogens (tertiary/aromatic N) is 3. The number of rotatable bonds is 2. The molecule has 2 aliphatic heterocycles. The fourth-order valence-electron chi connectivity index (χ4n) is 3.07. The lowest BCUT2D eigenvalue weighted by Gasteiger charge is -2.38. The molecule has 0 saturated carbocycles. The van der Waals surface area contributed by atoms with E-state index in [9.17, 15) is 9.59 Å². The van der Waals surface area contributed by atoms with Crippen molar-refractivity contribution in [2.75, 3.05) is 33.7 Å². The van der Waals surface area contributed by atoms with Crippen molar-refractivity contribution in [1.82, 2.24) is 14.7 Å². The third-order valence-electron chi connectivity index (χ3n) is 4.23. The van der Waals surface area contributed by atoms with Crippen LogP contribution in [-0.4, -0.2) is 77.6 Å². The number of carbonyl (C=O) groups excluding carboxylic acids is 1. The van der Waals surface area contributed by atoms with Gasteiger partial charge in [0.05, 0.1) is 0 Å². The third kappa shape index (κ3) is 3.00. The highest BCUT2D eigenvalue weighted by molar-refractivity contribution is 5.83. The zero-order chi connectivity index (χ0) is 14.0. The Bertz CT molecular complexity index is 361. The maximum Gasteiger partial charge on any atom is 0.326 e. The highest BCUT2D eigenvalue weighted by Crippen LogP contribution is 2.21. The minimum absolute atomic E-state index is 0.134. The van der Waals surface area contributed by atoms with Crippen molar-refractivity contribution >= 4 is 12.0 Å². The van der Waals surface area contributed by atoms with Gasteiger partial charge in [-0.25, -0.2) is 9.59 Å². The maximum absolute atomic E-state index is 12.4. The van der Waals surface area contributed by atoms with Crippen molar-refractivity contribution < 1.29 is 14.7 Å². The molecule has 0 aliphatic carbocycles. The number of carboxylic acid groups (broad SMARTS) is 1. The molecule has 2 aliphatic rings. The van der Waals surface area contributed by atoms with E-state index in [4.69, 9.17) is 5.11 Å². The van der Waals surface area contributed by atoms with Crippen LogP contribution in [0.15, 0.2) is 0 Å². The molecule has 0 radical (unpaired) electrons. The Morgan fingerprint density at radius 2 is 1.89 bits per heavy atom. The first-order valence-electron chi connectivity index (χ1n) is 6.95. The molecule has 2 saturated heterocycles. The monoisotopic (exact) mass is 269 g/mol. The number of carbonyl (C=O) groups is 2. The minimum Gasteiger partial charge on any atom is -0.480 e. The van der Waals surface area contributed by atoms with Crippen molar-refractivity contribution in [3.63, 3.8) is 0 Å². The molecule has 0 aromatic heterocycles. The van der Waals surface area contributed by atoms with Crippen LogP contribution in [0.4, 0.5) is 4.79 Å². The SMILES string of the molecule is CN1CCCC(N(C)C(=O)N2CCCC2C(=O)O)C1. The van der Waals surface area contributed by atoms with E-state index in [1.54, 1.807) is 11.9 Å². The Kier molecular flexibility index (Phi) is 4.29. The predicted molar refractivity (Wildman–Crippen MR) is 71.0 cm³/mol. The molecule has 19 heavy (non-hydrogen) atoms. The third-order valence-corrected chi connectivity index (χ3v) is 4.23. The van der Waals surface area contributed by atoms with Crippen molar-refractivity contribution in [1.29, 1.82) is 0 Å². The lowest BCUT2D eigenvalue weighted by Crippen LogP contribution is -2.53. The number of piperidine rings is 1. The normalized spacial score (nSPS) is 28.4. The average molecular weight is 269 g/mol. The van der Waals surface area contributed by atoms with Gasteiger partial charge in [-0.1, -0.05) is 0 Å². The van der Waals surface area contributed by atoms with Crippen LogP contribution in [0.2, 0.25) is 0 Å². The number of amides is 2. The van der Waals surface area contributed by atoms with Gasteiger partial charge in [-0.3, -0.25) is 0 Å². The van der Waals surface area contributed by atoms with Crippen molar-refractivity contribution in [2.45, 2.75) is 37.8 Å². The van der Waals surface area contributed by atoms with Crippen molar-refractivity contribution in [2.24, 2.45) is 0 Å². The maximum atomic E-state index is 12.4. The van der Waals surface area contributed by atoms with Gasteiger partial charge in [0.1, 0.15) is 6.04 Å². The Morgan fingerprint density at radius 1 is 1.21 bits per heavy atom. The molecule has 0 spiro atoms. The molecule has 2 amide bonds. The number of likely N-dealkylation sites (tertiary alicyclic amines) is 2. The second kappa shape index (κ2) is 5.77. The van der Waals surface area contributed by atoms with Crippen LogP contribution >= 0.6 is 0 Å². The van der Waals surface area contributed by atoms with E-state index < -0.39 is 12.0 Å². The molecule has 1 N–H and O–H groups in total. The highest BCUT2D eigenvalue weighted by atomic mass is 16.4. The van der Waals surface area contributed by atoms with Crippen LogP contribution in [0.5, 0.6) is 0 Å². The molecule has 6 heteroatoms. The predicted octanol–water partition coefficient (Wildman–Crippen LogP) is 0.681. The number of hydrogen-bond acceptors (Lipinski definition) is 3. The molecule has 2 rings (SSSR count). The summed E-state index contributed by atoms with van der Waals surface area (Å²) in [7, 11) is 3.85. The Balaban J connectivity index is 2.00. The first kappa shape index (κ1) is 14.1. The summed E-state index contributed by atoms with van der Waals surface area (Å²) in [6, 6.07) is -0.581. The summed E-state index contributed by atoms with van der Waals surface area (Å²) in [5, 5.41) is 9.15. The number of likely N-dealkylation sites (N-methyl/N-ethyl adjacent to an activating group) is 2. The molecule has 0 aromatic rings. The molecule has 2 unspecified atom stereocenters. The van der Waals surface area contributed by atoms with Crippen molar-refractivity contribution in [3.8, 4) is 0 Å². The Morgan fingerprint density at radius 3 is 2.53 bits per heavy atom. The second-order valence-electron chi connectivity index (χ2n) is 5.64. The van der Waals surface area contributed by atoms with Gasteiger partial charge in [0, 0.05) is 26.2 Å². The summed E-state index contributed by atoms with van der Waals surface area (Å²) in [5.74, 6) is -0.889.